The summed E-state index contributed by atoms with van der Waals surface area (Å²) in [7, 11) is 0. The second-order valence-electron chi connectivity index (χ2n) is 6.98. The van der Waals surface area contributed by atoms with Crippen molar-refractivity contribution in [3.8, 4) is 0 Å². The van der Waals surface area contributed by atoms with Crippen molar-refractivity contribution in [1.82, 2.24) is 9.88 Å². The van der Waals surface area contributed by atoms with Gasteiger partial charge in [0, 0.05) is 19.6 Å². The van der Waals surface area contributed by atoms with Gasteiger partial charge in [0.2, 0.25) is 5.17 Å². The van der Waals surface area contributed by atoms with E-state index in [2.05, 4.69) is 28.9 Å². The fourth-order valence-corrected chi connectivity index (χ4v) is 3.60. The number of nitrogens with zero attached hydrogens (tertiary/aromatic N) is 3. The molecule has 136 valence electrons. The zero-order valence-corrected chi connectivity index (χ0v) is 15.3. The number of hydrogen-bond acceptors (Lipinski definition) is 6. The van der Waals surface area contributed by atoms with Crippen molar-refractivity contribution >= 4 is 27.9 Å². The van der Waals surface area contributed by atoms with Gasteiger partial charge in [0.25, 0.3) is 5.89 Å². The molecule has 2 aromatic rings. The minimum absolute atomic E-state index is 0.0311. The highest BCUT2D eigenvalue weighted by atomic mass is 35.5. The summed E-state index contributed by atoms with van der Waals surface area (Å²) in [5.41, 5.74) is 1.35. The molecule has 1 saturated heterocycles. The van der Waals surface area contributed by atoms with Crippen molar-refractivity contribution in [2.45, 2.75) is 26.4 Å². The summed E-state index contributed by atoms with van der Waals surface area (Å²) in [6, 6.07) is 7.37. The zero-order valence-electron chi connectivity index (χ0n) is 14.6. The standard InChI is InChI=1S/C18H24ClN3O3/c1-12-7-13(2)9-22(8-12)10-14(23)11-24-21-17(19)18-20-15-5-3-4-6-16(15)25-18/h3-6,12-14,23H,7-11H2,1-2H3/b21-17-. The van der Waals surface area contributed by atoms with Crippen LogP contribution in [0.4, 0.5) is 0 Å². The molecular formula is C18H24ClN3O3. The van der Waals surface area contributed by atoms with Gasteiger partial charge in [-0.25, -0.2) is 4.98 Å². The van der Waals surface area contributed by atoms with Gasteiger partial charge in [-0.15, -0.1) is 0 Å². The van der Waals surface area contributed by atoms with Crippen LogP contribution in [0.5, 0.6) is 0 Å². The van der Waals surface area contributed by atoms with E-state index in [1.165, 1.54) is 6.42 Å². The van der Waals surface area contributed by atoms with E-state index in [1.807, 2.05) is 18.2 Å². The Morgan fingerprint density at radius 1 is 1.40 bits per heavy atom. The lowest BCUT2D eigenvalue weighted by Gasteiger charge is -2.35. The molecule has 7 heteroatoms. The van der Waals surface area contributed by atoms with Gasteiger partial charge in [0.05, 0.1) is 0 Å². The summed E-state index contributed by atoms with van der Waals surface area (Å²) in [4.78, 5) is 11.7. The predicted molar refractivity (Wildman–Crippen MR) is 97.7 cm³/mol. The number of para-hydroxylation sites is 2. The molecule has 0 spiro atoms. The molecule has 1 fully saturated rings. The van der Waals surface area contributed by atoms with Gasteiger partial charge >= 0.3 is 0 Å². The number of aromatic nitrogens is 1. The highest BCUT2D eigenvalue weighted by Gasteiger charge is 2.23. The molecule has 0 aliphatic carbocycles. The summed E-state index contributed by atoms with van der Waals surface area (Å²) in [6.07, 6.45) is 0.627. The summed E-state index contributed by atoms with van der Waals surface area (Å²) < 4.78 is 5.51. The van der Waals surface area contributed by atoms with Crippen LogP contribution in [0.25, 0.3) is 11.1 Å². The van der Waals surface area contributed by atoms with Crippen LogP contribution in [0, 0.1) is 11.8 Å². The third-order valence-corrected chi connectivity index (χ3v) is 4.53. The van der Waals surface area contributed by atoms with E-state index in [9.17, 15) is 5.11 Å². The van der Waals surface area contributed by atoms with Crippen molar-refractivity contribution in [1.29, 1.82) is 0 Å². The first-order valence-electron chi connectivity index (χ1n) is 8.63. The number of piperidine rings is 1. The Hall–Kier alpha value is -1.63. The highest BCUT2D eigenvalue weighted by molar-refractivity contribution is 6.68. The van der Waals surface area contributed by atoms with Gasteiger partial charge in [-0.1, -0.05) is 42.7 Å². The first kappa shape index (κ1) is 18.2. The van der Waals surface area contributed by atoms with Crippen LogP contribution in [0.3, 0.4) is 0 Å². The Labute approximate surface area is 152 Å². The van der Waals surface area contributed by atoms with Crippen LogP contribution in [-0.2, 0) is 4.84 Å². The molecule has 25 heavy (non-hydrogen) atoms. The molecule has 1 aliphatic rings. The van der Waals surface area contributed by atoms with Crippen molar-refractivity contribution in [3.05, 3.63) is 30.2 Å². The first-order chi connectivity index (χ1) is 12.0. The number of aliphatic hydroxyl groups excluding tert-OH is 1. The Balaban J connectivity index is 1.49. The van der Waals surface area contributed by atoms with Gasteiger partial charge in [0.15, 0.2) is 5.58 Å². The number of fused-ring (bicyclic) bond motifs is 1. The van der Waals surface area contributed by atoms with Gasteiger partial charge in [0.1, 0.15) is 18.2 Å². The highest BCUT2D eigenvalue weighted by Crippen LogP contribution is 2.21. The van der Waals surface area contributed by atoms with E-state index in [-0.39, 0.29) is 17.7 Å². The summed E-state index contributed by atoms with van der Waals surface area (Å²) in [6.45, 7) is 7.16. The molecule has 0 radical (unpaired) electrons. The molecule has 3 unspecified atom stereocenters. The molecule has 6 nitrogen and oxygen atoms in total. The molecule has 1 aromatic carbocycles. The monoisotopic (exact) mass is 365 g/mol. The lowest BCUT2D eigenvalue weighted by atomic mass is 9.92. The summed E-state index contributed by atoms with van der Waals surface area (Å²) in [5.74, 6) is 1.52. The van der Waals surface area contributed by atoms with Crippen LogP contribution in [0.15, 0.2) is 33.8 Å². The topological polar surface area (TPSA) is 71.1 Å². The van der Waals surface area contributed by atoms with Crippen LogP contribution >= 0.6 is 11.6 Å². The molecular weight excluding hydrogens is 342 g/mol. The minimum atomic E-state index is -0.616. The third kappa shape index (κ3) is 4.93. The van der Waals surface area contributed by atoms with Crippen molar-refractivity contribution < 1.29 is 14.4 Å². The van der Waals surface area contributed by atoms with Crippen molar-refractivity contribution in [2.24, 2.45) is 17.0 Å². The van der Waals surface area contributed by atoms with Crippen molar-refractivity contribution in [2.75, 3.05) is 26.2 Å². The number of hydrogen-bond donors (Lipinski definition) is 1. The second kappa shape index (κ2) is 8.17. The fraction of sp³-hybridized carbons (Fsp3) is 0.556. The molecule has 0 saturated carbocycles. The SMILES string of the molecule is CC1CC(C)CN(CC(O)CO/N=C(\Cl)c2nc3ccccc3o2)C1. The molecule has 3 rings (SSSR count). The summed E-state index contributed by atoms with van der Waals surface area (Å²) in [5, 5.41) is 14.0. The molecule has 0 amide bonds. The number of β-amino-alcohol motifs (C(OH)–C–C–N with tert-alkyl or cyclic N) is 1. The minimum Gasteiger partial charge on any atom is -0.434 e. The largest absolute Gasteiger partial charge is 0.434 e. The quantitative estimate of drug-likeness (QED) is 0.629. The number of aliphatic hydroxyl groups is 1. The first-order valence-corrected chi connectivity index (χ1v) is 9.01. The normalized spacial score (nSPS) is 23.8. The lowest BCUT2D eigenvalue weighted by Crippen LogP contribution is -2.43. The third-order valence-electron chi connectivity index (χ3n) is 4.30. The number of likely N-dealkylation sites (tertiary alicyclic amines) is 1. The van der Waals surface area contributed by atoms with E-state index in [4.69, 9.17) is 20.9 Å². The van der Waals surface area contributed by atoms with E-state index in [0.717, 1.165) is 13.1 Å². The Bertz CT molecular complexity index is 690. The molecule has 1 N–H and O–H groups in total. The number of oxime groups is 1. The van der Waals surface area contributed by atoms with Crippen LogP contribution < -0.4 is 0 Å². The van der Waals surface area contributed by atoms with Crippen LogP contribution in [-0.4, -0.2) is 52.5 Å². The maximum absolute atomic E-state index is 10.2. The second-order valence-corrected chi connectivity index (χ2v) is 7.34. The zero-order chi connectivity index (χ0) is 17.8. The van der Waals surface area contributed by atoms with E-state index >= 15 is 0 Å². The van der Waals surface area contributed by atoms with Gasteiger partial charge in [-0.05, 0) is 30.4 Å². The predicted octanol–water partition coefficient (Wildman–Crippen LogP) is 3.08. The maximum Gasteiger partial charge on any atom is 0.261 e. The van der Waals surface area contributed by atoms with Crippen LogP contribution in [0.2, 0.25) is 0 Å². The van der Waals surface area contributed by atoms with E-state index in [0.29, 0.717) is 29.5 Å². The number of rotatable bonds is 6. The number of oxazole rings is 1. The number of benzene rings is 1. The van der Waals surface area contributed by atoms with Crippen molar-refractivity contribution in [3.63, 3.8) is 0 Å². The number of halogens is 1. The van der Waals surface area contributed by atoms with Gasteiger partial charge < -0.3 is 19.3 Å². The fourth-order valence-electron chi connectivity index (χ4n) is 3.47. The molecule has 0 bridgehead atoms. The Morgan fingerprint density at radius 2 is 2.12 bits per heavy atom. The maximum atomic E-state index is 10.2. The van der Waals surface area contributed by atoms with E-state index in [1.54, 1.807) is 6.07 Å². The van der Waals surface area contributed by atoms with Gasteiger partial charge in [-0.3, -0.25) is 0 Å². The summed E-state index contributed by atoms with van der Waals surface area (Å²) >= 11 is 6.07. The molecule has 1 aromatic heterocycles. The van der Waals surface area contributed by atoms with E-state index < -0.39 is 6.10 Å². The average Bonchev–Trinajstić information content (AvgIpc) is 2.97. The average molecular weight is 366 g/mol. The molecule has 3 atom stereocenters. The molecule has 2 heterocycles. The van der Waals surface area contributed by atoms with Crippen LogP contribution in [0.1, 0.15) is 26.2 Å². The molecule has 1 aliphatic heterocycles. The smallest absolute Gasteiger partial charge is 0.261 e. The Morgan fingerprint density at radius 3 is 2.84 bits per heavy atom. The Kier molecular flexibility index (Phi) is 5.93. The lowest BCUT2D eigenvalue weighted by molar-refractivity contribution is 0.00666. The van der Waals surface area contributed by atoms with Gasteiger partial charge in [-0.2, -0.15) is 0 Å².